The molecule has 1 N–H and O–H groups in total. The van der Waals surface area contributed by atoms with E-state index in [4.69, 9.17) is 4.74 Å². The monoisotopic (exact) mass is 217 g/mol. The normalized spacial score (nSPS) is 21.9. The van der Waals surface area contributed by atoms with Crippen molar-refractivity contribution in [3.63, 3.8) is 0 Å². The molecular weight excluding hydrogens is 206 g/mol. The van der Waals surface area contributed by atoms with Gasteiger partial charge in [-0.2, -0.15) is 0 Å². The van der Waals surface area contributed by atoms with E-state index >= 15 is 0 Å². The summed E-state index contributed by atoms with van der Waals surface area (Å²) in [5.74, 6) is -0.576. The van der Waals surface area contributed by atoms with Gasteiger partial charge in [-0.1, -0.05) is 6.07 Å². The lowest BCUT2D eigenvalue weighted by atomic mass is 9.96. The first-order chi connectivity index (χ1) is 7.66. The second-order valence-corrected chi connectivity index (χ2v) is 4.21. The van der Waals surface area contributed by atoms with Gasteiger partial charge in [0.15, 0.2) is 0 Å². The summed E-state index contributed by atoms with van der Waals surface area (Å²) in [6.45, 7) is 2.68. The molecule has 2 aliphatic heterocycles. The zero-order valence-corrected chi connectivity index (χ0v) is 8.87. The van der Waals surface area contributed by atoms with E-state index in [-0.39, 0.29) is 17.9 Å². The van der Waals surface area contributed by atoms with Crippen molar-refractivity contribution in [3.05, 3.63) is 34.4 Å². The maximum Gasteiger partial charge on any atom is 0.259 e. The summed E-state index contributed by atoms with van der Waals surface area (Å²) in [6.07, 6.45) is 1.11. The summed E-state index contributed by atoms with van der Waals surface area (Å²) < 4.78 is 5.17. The molecule has 0 bridgehead atoms. The molecule has 2 heterocycles. The Kier molecular flexibility index (Phi) is 1.88. The third-order valence-corrected chi connectivity index (χ3v) is 3.13. The zero-order valence-electron chi connectivity index (χ0n) is 8.87. The van der Waals surface area contributed by atoms with Gasteiger partial charge in [0.25, 0.3) is 11.8 Å². The van der Waals surface area contributed by atoms with Gasteiger partial charge in [0.2, 0.25) is 0 Å². The molecule has 0 radical (unpaired) electrons. The Morgan fingerprint density at radius 3 is 2.81 bits per heavy atom. The number of benzene rings is 1. The molecule has 1 fully saturated rings. The summed E-state index contributed by atoms with van der Waals surface area (Å²) in [6, 6.07) is 3.63. The van der Waals surface area contributed by atoms with Gasteiger partial charge < -0.3 is 4.74 Å². The topological polar surface area (TPSA) is 58.7 Å². The predicted molar refractivity (Wildman–Crippen MR) is 56.4 cm³/mol. The number of amides is 2. The Labute approximate surface area is 92.6 Å². The minimum atomic E-state index is -0.294. The highest BCUT2D eigenvalue weighted by Gasteiger charge is 2.31. The molecule has 1 saturated heterocycles. The smallest absolute Gasteiger partial charge is 0.259 e. The molecule has 2 amide bonds. The van der Waals surface area contributed by atoms with Crippen LogP contribution in [0.3, 0.4) is 0 Å². The number of carbonyl (C=O) groups excluding carboxylic acids is 2. The van der Waals surface area contributed by atoms with E-state index in [9.17, 15) is 9.59 Å². The molecule has 0 spiro atoms. The van der Waals surface area contributed by atoms with Crippen LogP contribution in [0, 0.1) is 6.92 Å². The molecule has 1 aromatic carbocycles. The van der Waals surface area contributed by atoms with Crippen LogP contribution in [0.25, 0.3) is 0 Å². The summed E-state index contributed by atoms with van der Waals surface area (Å²) in [7, 11) is 0. The second-order valence-electron chi connectivity index (χ2n) is 4.21. The average molecular weight is 217 g/mol. The van der Waals surface area contributed by atoms with Crippen LogP contribution < -0.4 is 5.32 Å². The fraction of sp³-hybridized carbons (Fsp3) is 0.333. The molecule has 0 aromatic heterocycles. The van der Waals surface area contributed by atoms with Crippen LogP contribution in [0.5, 0.6) is 0 Å². The first-order valence-electron chi connectivity index (χ1n) is 5.26. The van der Waals surface area contributed by atoms with Crippen LogP contribution in [0.1, 0.15) is 31.8 Å². The second kappa shape index (κ2) is 3.15. The number of carbonyl (C=O) groups is 2. The van der Waals surface area contributed by atoms with E-state index in [1.807, 2.05) is 13.0 Å². The van der Waals surface area contributed by atoms with Gasteiger partial charge in [-0.3, -0.25) is 14.9 Å². The summed E-state index contributed by atoms with van der Waals surface area (Å²) >= 11 is 0. The van der Waals surface area contributed by atoms with Crippen molar-refractivity contribution in [2.45, 2.75) is 19.4 Å². The van der Waals surface area contributed by atoms with E-state index in [0.29, 0.717) is 11.1 Å². The summed E-state index contributed by atoms with van der Waals surface area (Å²) in [5, 5.41) is 2.31. The number of fused-ring (bicyclic) bond motifs is 1. The van der Waals surface area contributed by atoms with Crippen LogP contribution in [0.15, 0.2) is 12.1 Å². The van der Waals surface area contributed by atoms with Gasteiger partial charge in [0.1, 0.15) is 0 Å². The molecule has 0 aliphatic carbocycles. The summed E-state index contributed by atoms with van der Waals surface area (Å²) in [4.78, 5) is 23.0. The van der Waals surface area contributed by atoms with Crippen molar-refractivity contribution in [3.8, 4) is 0 Å². The highest BCUT2D eigenvalue weighted by molar-refractivity contribution is 6.22. The predicted octanol–water partition coefficient (Wildman–Crippen LogP) is 0.820. The van der Waals surface area contributed by atoms with Crippen LogP contribution in [0.4, 0.5) is 0 Å². The van der Waals surface area contributed by atoms with Gasteiger partial charge in [-0.05, 0) is 24.1 Å². The first kappa shape index (κ1) is 9.54. The third kappa shape index (κ3) is 1.34. The molecule has 1 aromatic rings. The lowest BCUT2D eigenvalue weighted by Gasteiger charge is -2.07. The van der Waals surface area contributed by atoms with Gasteiger partial charge in [0.05, 0.1) is 23.8 Å². The molecule has 4 heteroatoms. The Hall–Kier alpha value is -1.68. The molecule has 3 rings (SSSR count). The number of epoxide rings is 1. The largest absolute Gasteiger partial charge is 0.373 e. The fourth-order valence-corrected chi connectivity index (χ4v) is 2.12. The van der Waals surface area contributed by atoms with Crippen molar-refractivity contribution in [2.75, 3.05) is 6.61 Å². The molecule has 4 nitrogen and oxygen atoms in total. The molecule has 16 heavy (non-hydrogen) atoms. The maximum absolute atomic E-state index is 11.6. The fourth-order valence-electron chi connectivity index (χ4n) is 2.12. The van der Waals surface area contributed by atoms with Crippen molar-refractivity contribution in [1.82, 2.24) is 5.32 Å². The van der Waals surface area contributed by atoms with Gasteiger partial charge in [-0.15, -0.1) is 0 Å². The minimum Gasteiger partial charge on any atom is -0.373 e. The zero-order chi connectivity index (χ0) is 11.3. The van der Waals surface area contributed by atoms with E-state index in [1.54, 1.807) is 6.07 Å². The van der Waals surface area contributed by atoms with Crippen molar-refractivity contribution in [2.24, 2.45) is 0 Å². The third-order valence-electron chi connectivity index (χ3n) is 3.13. The lowest BCUT2D eigenvalue weighted by molar-refractivity contribution is 0.0879. The van der Waals surface area contributed by atoms with Gasteiger partial charge in [0, 0.05) is 6.42 Å². The van der Waals surface area contributed by atoms with E-state index < -0.39 is 0 Å². The van der Waals surface area contributed by atoms with Crippen LogP contribution in [-0.2, 0) is 11.2 Å². The number of nitrogens with one attached hydrogen (secondary N) is 1. The minimum absolute atomic E-state index is 0.281. The van der Waals surface area contributed by atoms with Crippen molar-refractivity contribution >= 4 is 11.8 Å². The molecule has 2 aliphatic rings. The Bertz CT molecular complexity index is 503. The number of hydrogen-bond donors (Lipinski definition) is 1. The highest BCUT2D eigenvalue weighted by atomic mass is 16.6. The number of ether oxygens (including phenoxy) is 1. The summed E-state index contributed by atoms with van der Waals surface area (Å²) in [5.41, 5.74) is 3.01. The van der Waals surface area contributed by atoms with E-state index in [0.717, 1.165) is 24.2 Å². The number of rotatable bonds is 2. The number of hydrogen-bond acceptors (Lipinski definition) is 3. The maximum atomic E-state index is 11.6. The van der Waals surface area contributed by atoms with E-state index in [2.05, 4.69) is 5.32 Å². The molecule has 1 atom stereocenters. The molecule has 1 unspecified atom stereocenters. The van der Waals surface area contributed by atoms with Crippen molar-refractivity contribution < 1.29 is 14.3 Å². The Morgan fingerprint density at radius 1 is 1.38 bits per heavy atom. The molecular formula is C12H11NO3. The number of imide groups is 1. The van der Waals surface area contributed by atoms with Gasteiger partial charge in [-0.25, -0.2) is 0 Å². The first-order valence-corrected chi connectivity index (χ1v) is 5.26. The lowest BCUT2D eigenvalue weighted by Crippen LogP contribution is -2.20. The standard InChI is InChI=1S/C12H11NO3/c1-6-7(4-8-5-16-8)2-3-9-10(6)12(15)13-11(9)14/h2-3,8H,4-5H2,1H3,(H,13,14,15). The van der Waals surface area contributed by atoms with Crippen LogP contribution >= 0.6 is 0 Å². The average Bonchev–Trinajstić information content (AvgIpc) is 2.99. The highest BCUT2D eigenvalue weighted by Crippen LogP contribution is 2.26. The SMILES string of the molecule is Cc1c(CC2CO2)ccc2c1C(=O)NC2=O. The van der Waals surface area contributed by atoms with E-state index in [1.165, 1.54) is 0 Å². The molecule has 82 valence electrons. The molecule has 0 saturated carbocycles. The Balaban J connectivity index is 2.07. The van der Waals surface area contributed by atoms with Crippen molar-refractivity contribution in [1.29, 1.82) is 0 Å². The Morgan fingerprint density at radius 2 is 2.12 bits per heavy atom. The van der Waals surface area contributed by atoms with Crippen LogP contribution in [-0.4, -0.2) is 24.5 Å². The quantitative estimate of drug-likeness (QED) is 0.589. The van der Waals surface area contributed by atoms with Gasteiger partial charge >= 0.3 is 0 Å². The van der Waals surface area contributed by atoms with Crippen LogP contribution in [0.2, 0.25) is 0 Å².